The summed E-state index contributed by atoms with van der Waals surface area (Å²) in [5, 5.41) is 3.24. The summed E-state index contributed by atoms with van der Waals surface area (Å²) in [6.45, 7) is 4.58. The maximum atomic E-state index is 13.3. The number of carbonyl (C=O) groups is 2. The van der Waals surface area contributed by atoms with Crippen molar-refractivity contribution in [2.45, 2.75) is 6.42 Å². The third-order valence-electron chi connectivity index (χ3n) is 5.08. The minimum Gasteiger partial charge on any atom is -0.493 e. The molecule has 1 aromatic rings. The minimum absolute atomic E-state index is 0.0732. The first kappa shape index (κ1) is 23.8. The molecule has 1 saturated heterocycles. The number of hydrogen-bond donors (Lipinski definition) is 1. The molecular formula is C21H34N4O5. The Morgan fingerprint density at radius 3 is 2.07 bits per heavy atom. The molecule has 1 aliphatic heterocycles. The second-order valence-corrected chi connectivity index (χ2v) is 7.39. The molecule has 0 bridgehead atoms. The number of methoxy groups -OCH3 is 3. The molecule has 0 radical (unpaired) electrons. The predicted molar refractivity (Wildman–Crippen MR) is 115 cm³/mol. The van der Waals surface area contributed by atoms with Gasteiger partial charge >= 0.3 is 0 Å². The van der Waals surface area contributed by atoms with Gasteiger partial charge in [-0.1, -0.05) is 0 Å². The second kappa shape index (κ2) is 11.6. The molecule has 0 spiro atoms. The van der Waals surface area contributed by atoms with Crippen molar-refractivity contribution in [3.63, 3.8) is 0 Å². The lowest BCUT2D eigenvalue weighted by Gasteiger charge is -2.29. The molecule has 2 rings (SSSR count). The lowest BCUT2D eigenvalue weighted by Crippen LogP contribution is -2.47. The number of likely N-dealkylation sites (N-methyl/N-ethyl adjacent to an activating group) is 1. The SMILES string of the molecule is COc1cc(C(=O)N(CCC(=O)N2CCNCC2)CCN(C)C)cc(OC)c1OC. The average Bonchev–Trinajstić information content (AvgIpc) is 2.77. The molecule has 2 amide bonds. The topological polar surface area (TPSA) is 83.6 Å². The summed E-state index contributed by atoms with van der Waals surface area (Å²) in [5.41, 5.74) is 0.429. The summed E-state index contributed by atoms with van der Waals surface area (Å²) >= 11 is 0. The van der Waals surface area contributed by atoms with Gasteiger partial charge < -0.3 is 34.2 Å². The zero-order chi connectivity index (χ0) is 22.1. The molecule has 1 fully saturated rings. The highest BCUT2D eigenvalue weighted by atomic mass is 16.5. The number of ether oxygens (including phenoxy) is 3. The van der Waals surface area contributed by atoms with Gasteiger partial charge in [-0.25, -0.2) is 0 Å². The number of nitrogens with one attached hydrogen (secondary N) is 1. The van der Waals surface area contributed by atoms with Crippen LogP contribution in [0.4, 0.5) is 0 Å². The molecule has 1 aromatic carbocycles. The zero-order valence-corrected chi connectivity index (χ0v) is 18.7. The van der Waals surface area contributed by atoms with Crippen LogP contribution in [-0.4, -0.2) is 108 Å². The van der Waals surface area contributed by atoms with Gasteiger partial charge in [0.25, 0.3) is 5.91 Å². The Morgan fingerprint density at radius 1 is 0.967 bits per heavy atom. The fourth-order valence-electron chi connectivity index (χ4n) is 3.33. The van der Waals surface area contributed by atoms with E-state index in [-0.39, 0.29) is 11.8 Å². The summed E-state index contributed by atoms with van der Waals surface area (Å²) in [7, 11) is 8.46. The fourth-order valence-corrected chi connectivity index (χ4v) is 3.33. The van der Waals surface area contributed by atoms with Crippen LogP contribution in [-0.2, 0) is 4.79 Å². The van der Waals surface area contributed by atoms with Crippen molar-refractivity contribution in [1.82, 2.24) is 20.0 Å². The third kappa shape index (κ3) is 6.24. The summed E-state index contributed by atoms with van der Waals surface area (Å²) < 4.78 is 16.1. The van der Waals surface area contributed by atoms with E-state index in [1.165, 1.54) is 21.3 Å². The van der Waals surface area contributed by atoms with Crippen LogP contribution in [0.15, 0.2) is 12.1 Å². The molecule has 0 aromatic heterocycles. The quantitative estimate of drug-likeness (QED) is 0.589. The van der Waals surface area contributed by atoms with Crippen molar-refractivity contribution in [2.75, 3.05) is 81.2 Å². The highest BCUT2D eigenvalue weighted by Gasteiger charge is 2.23. The van der Waals surface area contributed by atoms with Crippen LogP contribution in [0.3, 0.4) is 0 Å². The molecule has 0 unspecified atom stereocenters. The first-order valence-corrected chi connectivity index (χ1v) is 10.1. The van der Waals surface area contributed by atoms with Crippen LogP contribution in [0.25, 0.3) is 0 Å². The highest BCUT2D eigenvalue weighted by Crippen LogP contribution is 2.38. The van der Waals surface area contributed by atoms with E-state index in [4.69, 9.17) is 14.2 Å². The van der Waals surface area contributed by atoms with E-state index in [1.54, 1.807) is 17.0 Å². The van der Waals surface area contributed by atoms with Gasteiger partial charge in [0.1, 0.15) is 0 Å². The highest BCUT2D eigenvalue weighted by molar-refractivity contribution is 5.96. The molecule has 9 heteroatoms. The molecule has 0 saturated carbocycles. The van der Waals surface area contributed by atoms with E-state index in [9.17, 15) is 9.59 Å². The summed E-state index contributed by atoms with van der Waals surface area (Å²) in [4.78, 5) is 31.4. The van der Waals surface area contributed by atoms with Gasteiger partial charge in [-0.3, -0.25) is 9.59 Å². The Bertz CT molecular complexity index is 694. The number of carbonyl (C=O) groups excluding carboxylic acids is 2. The zero-order valence-electron chi connectivity index (χ0n) is 18.7. The first-order valence-electron chi connectivity index (χ1n) is 10.1. The van der Waals surface area contributed by atoms with Crippen LogP contribution in [0.1, 0.15) is 16.8 Å². The standard InChI is InChI=1S/C21H34N4O5/c1-23(2)12-13-25(9-6-19(26)24-10-7-22-8-11-24)21(27)16-14-17(28-3)20(30-5)18(15-16)29-4/h14-15,22H,6-13H2,1-5H3. The first-order chi connectivity index (χ1) is 14.4. The van der Waals surface area contributed by atoms with E-state index in [1.807, 2.05) is 23.9 Å². The number of rotatable bonds is 10. The van der Waals surface area contributed by atoms with Crippen molar-refractivity contribution in [3.05, 3.63) is 17.7 Å². The van der Waals surface area contributed by atoms with Gasteiger partial charge in [0, 0.05) is 57.8 Å². The van der Waals surface area contributed by atoms with Crippen molar-refractivity contribution in [3.8, 4) is 17.2 Å². The smallest absolute Gasteiger partial charge is 0.254 e. The molecule has 0 aliphatic carbocycles. The van der Waals surface area contributed by atoms with Gasteiger partial charge in [-0.05, 0) is 26.2 Å². The largest absolute Gasteiger partial charge is 0.493 e. The van der Waals surface area contributed by atoms with Gasteiger partial charge in [-0.2, -0.15) is 0 Å². The fraction of sp³-hybridized carbons (Fsp3) is 0.619. The van der Waals surface area contributed by atoms with E-state index in [0.29, 0.717) is 62.0 Å². The molecule has 30 heavy (non-hydrogen) atoms. The van der Waals surface area contributed by atoms with Crippen LogP contribution in [0, 0.1) is 0 Å². The Hall–Kier alpha value is -2.52. The monoisotopic (exact) mass is 422 g/mol. The number of nitrogens with zero attached hydrogens (tertiary/aromatic N) is 3. The molecule has 1 N–H and O–H groups in total. The Morgan fingerprint density at radius 2 is 1.57 bits per heavy atom. The Labute approximate surface area is 178 Å². The van der Waals surface area contributed by atoms with Gasteiger partial charge in [0.2, 0.25) is 11.7 Å². The van der Waals surface area contributed by atoms with Crippen molar-refractivity contribution >= 4 is 11.8 Å². The number of benzene rings is 1. The van der Waals surface area contributed by atoms with Gasteiger partial charge in [0.05, 0.1) is 21.3 Å². The maximum Gasteiger partial charge on any atom is 0.254 e. The number of amides is 2. The van der Waals surface area contributed by atoms with Crippen molar-refractivity contribution < 1.29 is 23.8 Å². The van der Waals surface area contributed by atoms with Crippen LogP contribution in [0.5, 0.6) is 17.2 Å². The third-order valence-corrected chi connectivity index (χ3v) is 5.08. The summed E-state index contributed by atoms with van der Waals surface area (Å²) in [5.74, 6) is 1.17. The summed E-state index contributed by atoms with van der Waals surface area (Å²) in [6.07, 6.45) is 0.295. The molecule has 1 heterocycles. The second-order valence-electron chi connectivity index (χ2n) is 7.39. The normalized spacial score (nSPS) is 13.9. The molecular weight excluding hydrogens is 388 g/mol. The van der Waals surface area contributed by atoms with Crippen LogP contribution < -0.4 is 19.5 Å². The lowest BCUT2D eigenvalue weighted by molar-refractivity contribution is -0.131. The Balaban J connectivity index is 2.18. The van der Waals surface area contributed by atoms with Gasteiger partial charge in [0.15, 0.2) is 11.5 Å². The summed E-state index contributed by atoms with van der Waals surface area (Å²) in [6, 6.07) is 3.29. The molecule has 1 aliphatic rings. The Kier molecular flexibility index (Phi) is 9.19. The van der Waals surface area contributed by atoms with E-state index in [0.717, 1.165) is 13.1 Å². The van der Waals surface area contributed by atoms with Crippen LogP contribution >= 0.6 is 0 Å². The molecule has 168 valence electrons. The van der Waals surface area contributed by atoms with E-state index < -0.39 is 0 Å². The van der Waals surface area contributed by atoms with E-state index >= 15 is 0 Å². The molecule has 9 nitrogen and oxygen atoms in total. The average molecular weight is 423 g/mol. The van der Waals surface area contributed by atoms with Crippen molar-refractivity contribution in [2.24, 2.45) is 0 Å². The lowest BCUT2D eigenvalue weighted by atomic mass is 10.1. The van der Waals surface area contributed by atoms with E-state index in [2.05, 4.69) is 5.32 Å². The minimum atomic E-state index is -0.177. The number of piperazine rings is 1. The number of hydrogen-bond acceptors (Lipinski definition) is 7. The van der Waals surface area contributed by atoms with Crippen molar-refractivity contribution in [1.29, 1.82) is 0 Å². The molecule has 0 atom stereocenters. The van der Waals surface area contributed by atoms with Crippen LogP contribution in [0.2, 0.25) is 0 Å². The predicted octanol–water partition coefficient (Wildman–Crippen LogP) is 0.538. The van der Waals surface area contributed by atoms with Gasteiger partial charge in [-0.15, -0.1) is 0 Å². The maximum absolute atomic E-state index is 13.3.